The summed E-state index contributed by atoms with van der Waals surface area (Å²) < 4.78 is 16.4. The first-order valence-electron chi connectivity index (χ1n) is 11.7. The van der Waals surface area contributed by atoms with Crippen LogP contribution in [0.4, 0.5) is 9.18 Å². The van der Waals surface area contributed by atoms with Crippen LogP contribution in [0.5, 0.6) is 0 Å². The molecular formula is C30H20ClFN2O2S. The Bertz CT molecular complexity index is 1720. The van der Waals surface area contributed by atoms with Gasteiger partial charge in [-0.2, -0.15) is 0 Å². The highest BCUT2D eigenvalue weighted by Crippen LogP contribution is 2.36. The molecule has 0 bridgehead atoms. The van der Waals surface area contributed by atoms with Crippen LogP contribution in [-0.4, -0.2) is 20.6 Å². The lowest BCUT2D eigenvalue weighted by Gasteiger charge is -2.14. The van der Waals surface area contributed by atoms with Crippen LogP contribution in [0.25, 0.3) is 27.8 Å². The Morgan fingerprint density at radius 1 is 0.838 bits per heavy atom. The molecule has 0 spiro atoms. The third-order valence-corrected chi connectivity index (χ3v) is 7.84. The van der Waals surface area contributed by atoms with Gasteiger partial charge in [0.25, 0.3) is 11.1 Å². The summed E-state index contributed by atoms with van der Waals surface area (Å²) >= 11 is 7.21. The van der Waals surface area contributed by atoms with Gasteiger partial charge in [-0.1, -0.05) is 78.3 Å². The number of carbonyl (C=O) groups excluding carboxylic acids is 2. The lowest BCUT2D eigenvalue weighted by Crippen LogP contribution is -2.27. The van der Waals surface area contributed by atoms with Gasteiger partial charge in [0.05, 0.1) is 18.0 Å². The average molecular weight is 527 g/mol. The number of imide groups is 1. The highest BCUT2D eigenvalue weighted by molar-refractivity contribution is 8.18. The summed E-state index contributed by atoms with van der Waals surface area (Å²) in [6.45, 7) is 0.444. The SMILES string of the molecule is O=C1S/C(=C/c2cn(Cc3c(F)cccc3Cl)c3ccccc23)C(=O)N1Cc1cccc2ccccc12. The highest BCUT2D eigenvalue weighted by atomic mass is 35.5. The predicted octanol–water partition coefficient (Wildman–Crippen LogP) is 7.87. The zero-order valence-corrected chi connectivity index (χ0v) is 21.1. The van der Waals surface area contributed by atoms with Crippen molar-refractivity contribution in [2.75, 3.05) is 0 Å². The maximum absolute atomic E-state index is 14.5. The van der Waals surface area contributed by atoms with E-state index in [2.05, 4.69) is 0 Å². The Labute approximate surface area is 221 Å². The topological polar surface area (TPSA) is 42.3 Å². The van der Waals surface area contributed by atoms with Gasteiger partial charge in [0, 0.05) is 33.2 Å². The summed E-state index contributed by atoms with van der Waals surface area (Å²) in [5, 5.41) is 3.03. The van der Waals surface area contributed by atoms with Crippen LogP contribution in [0.15, 0.2) is 96.0 Å². The molecule has 182 valence electrons. The summed E-state index contributed by atoms with van der Waals surface area (Å²) in [5.74, 6) is -0.696. The predicted molar refractivity (Wildman–Crippen MR) is 148 cm³/mol. The highest BCUT2D eigenvalue weighted by Gasteiger charge is 2.35. The molecule has 0 atom stereocenters. The van der Waals surface area contributed by atoms with Crippen LogP contribution in [-0.2, 0) is 17.9 Å². The Morgan fingerprint density at radius 3 is 2.41 bits per heavy atom. The van der Waals surface area contributed by atoms with Crippen molar-refractivity contribution in [2.24, 2.45) is 0 Å². The van der Waals surface area contributed by atoms with Crippen LogP contribution in [0.1, 0.15) is 16.7 Å². The second kappa shape index (κ2) is 9.54. The molecule has 2 amide bonds. The van der Waals surface area contributed by atoms with Gasteiger partial charge in [0.15, 0.2) is 0 Å². The van der Waals surface area contributed by atoms with Gasteiger partial charge in [-0.3, -0.25) is 14.5 Å². The molecule has 5 aromatic rings. The fraction of sp³-hybridized carbons (Fsp3) is 0.0667. The third-order valence-electron chi connectivity index (χ3n) is 6.58. The van der Waals surface area contributed by atoms with Gasteiger partial charge in [0.2, 0.25) is 0 Å². The summed E-state index contributed by atoms with van der Waals surface area (Å²) in [6.07, 6.45) is 3.61. The lowest BCUT2D eigenvalue weighted by molar-refractivity contribution is -0.123. The van der Waals surface area contributed by atoms with Crippen molar-refractivity contribution in [1.29, 1.82) is 0 Å². The monoisotopic (exact) mass is 526 g/mol. The molecule has 1 saturated heterocycles. The normalized spacial score (nSPS) is 15.0. The zero-order valence-electron chi connectivity index (χ0n) is 19.5. The molecule has 0 unspecified atom stereocenters. The zero-order chi connectivity index (χ0) is 25.5. The first kappa shape index (κ1) is 23.5. The largest absolute Gasteiger partial charge is 0.342 e. The summed E-state index contributed by atoms with van der Waals surface area (Å²) in [5.41, 5.74) is 2.97. The van der Waals surface area contributed by atoms with Gasteiger partial charge >= 0.3 is 0 Å². The van der Waals surface area contributed by atoms with Crippen molar-refractivity contribution in [2.45, 2.75) is 13.1 Å². The minimum atomic E-state index is -0.374. The molecule has 0 aliphatic carbocycles. The second-order valence-electron chi connectivity index (χ2n) is 8.84. The second-order valence-corrected chi connectivity index (χ2v) is 10.2. The number of halogens is 2. The van der Waals surface area contributed by atoms with Crippen molar-refractivity contribution < 1.29 is 14.0 Å². The molecule has 0 saturated carbocycles. The van der Waals surface area contributed by atoms with Crippen LogP contribution in [0, 0.1) is 5.82 Å². The number of fused-ring (bicyclic) bond motifs is 2. The van der Waals surface area contributed by atoms with Crippen molar-refractivity contribution in [1.82, 2.24) is 9.47 Å². The van der Waals surface area contributed by atoms with E-state index in [9.17, 15) is 14.0 Å². The van der Waals surface area contributed by atoms with Crippen molar-refractivity contribution in [3.05, 3.63) is 124 Å². The van der Waals surface area contributed by atoms with Crippen LogP contribution >= 0.6 is 23.4 Å². The van der Waals surface area contributed by atoms with E-state index in [1.807, 2.05) is 77.5 Å². The Morgan fingerprint density at radius 2 is 1.57 bits per heavy atom. The molecule has 6 rings (SSSR count). The van der Waals surface area contributed by atoms with Gasteiger partial charge < -0.3 is 4.57 Å². The van der Waals surface area contributed by atoms with E-state index < -0.39 is 0 Å². The lowest BCUT2D eigenvalue weighted by atomic mass is 10.0. The van der Waals surface area contributed by atoms with Crippen LogP contribution in [0.2, 0.25) is 5.02 Å². The fourth-order valence-corrected chi connectivity index (χ4v) is 5.80. The number of benzene rings is 4. The van der Waals surface area contributed by atoms with Crippen molar-refractivity contribution >= 4 is 62.3 Å². The number of aromatic nitrogens is 1. The summed E-state index contributed by atoms with van der Waals surface area (Å²) in [7, 11) is 0. The molecule has 1 aliphatic heterocycles. The standard InChI is InChI=1S/C30H20ClFN2O2S/c31-25-12-6-13-26(32)24(25)18-33-16-21(23-11-3-4-14-27(23)33)15-28-29(35)34(30(36)37-28)17-20-9-5-8-19-7-1-2-10-22(19)20/h1-16H,17-18H2/b28-15+. The Hall–Kier alpha value is -3.87. The van der Waals surface area contributed by atoms with E-state index in [0.29, 0.717) is 15.5 Å². The first-order chi connectivity index (χ1) is 18.0. The molecule has 2 heterocycles. The molecule has 1 aliphatic rings. The van der Waals surface area contributed by atoms with Gasteiger partial charge in [-0.25, -0.2) is 4.39 Å². The number of rotatable bonds is 5. The van der Waals surface area contributed by atoms with Crippen LogP contribution < -0.4 is 0 Å². The molecule has 4 nitrogen and oxygen atoms in total. The average Bonchev–Trinajstić information content (AvgIpc) is 3.38. The molecule has 4 aromatic carbocycles. The smallest absolute Gasteiger partial charge is 0.293 e. The maximum Gasteiger partial charge on any atom is 0.293 e. The van der Waals surface area contributed by atoms with E-state index in [1.165, 1.54) is 11.0 Å². The van der Waals surface area contributed by atoms with Gasteiger partial charge in [-0.05, 0) is 52.4 Å². The Kier molecular flexibility index (Phi) is 6.07. The summed E-state index contributed by atoms with van der Waals surface area (Å²) in [4.78, 5) is 27.8. The van der Waals surface area contributed by atoms with E-state index in [-0.39, 0.29) is 30.1 Å². The molecular weight excluding hydrogens is 507 g/mol. The number of hydrogen-bond donors (Lipinski definition) is 0. The Balaban J connectivity index is 1.34. The quantitative estimate of drug-likeness (QED) is 0.219. The number of thioether (sulfide) groups is 1. The molecule has 37 heavy (non-hydrogen) atoms. The minimum Gasteiger partial charge on any atom is -0.342 e. The number of nitrogens with zero attached hydrogens (tertiary/aromatic N) is 2. The number of carbonyl (C=O) groups is 2. The first-order valence-corrected chi connectivity index (χ1v) is 12.9. The van der Waals surface area contributed by atoms with E-state index >= 15 is 0 Å². The third kappa shape index (κ3) is 4.32. The van der Waals surface area contributed by atoms with Crippen molar-refractivity contribution in [3.63, 3.8) is 0 Å². The molecule has 7 heteroatoms. The molecule has 1 fully saturated rings. The van der Waals surface area contributed by atoms with Crippen LogP contribution in [0.3, 0.4) is 0 Å². The number of para-hydroxylation sites is 1. The molecule has 0 N–H and O–H groups in total. The fourth-order valence-electron chi connectivity index (χ4n) is 4.75. The molecule has 0 radical (unpaired) electrons. The number of amides is 2. The van der Waals surface area contributed by atoms with E-state index in [1.54, 1.807) is 18.2 Å². The van der Waals surface area contributed by atoms with E-state index in [4.69, 9.17) is 11.6 Å². The minimum absolute atomic E-state index is 0.205. The van der Waals surface area contributed by atoms with Gasteiger partial charge in [0.1, 0.15) is 5.82 Å². The summed E-state index contributed by atoms with van der Waals surface area (Å²) in [6, 6.07) is 26.1. The number of hydrogen-bond acceptors (Lipinski definition) is 3. The van der Waals surface area contributed by atoms with E-state index in [0.717, 1.165) is 44.6 Å². The van der Waals surface area contributed by atoms with Crippen molar-refractivity contribution in [3.8, 4) is 0 Å². The molecule has 1 aromatic heterocycles. The maximum atomic E-state index is 14.5. The van der Waals surface area contributed by atoms with Gasteiger partial charge in [-0.15, -0.1) is 0 Å².